The number of hydrogen-bond donors (Lipinski definition) is 0. The fourth-order valence-corrected chi connectivity index (χ4v) is 4.70. The quantitative estimate of drug-likeness (QED) is 0.826. The van der Waals surface area contributed by atoms with Crippen LogP contribution < -0.4 is 0 Å². The van der Waals surface area contributed by atoms with Crippen molar-refractivity contribution < 1.29 is 14.1 Å². The molecular weight excluding hydrogens is 338 g/mol. The second kappa shape index (κ2) is 6.63. The van der Waals surface area contributed by atoms with Crippen molar-refractivity contribution in [3.05, 3.63) is 38.9 Å². The molecule has 0 saturated carbocycles. The highest BCUT2D eigenvalue weighted by molar-refractivity contribution is 7.10. The molecule has 4 rings (SSSR count). The van der Waals surface area contributed by atoms with Gasteiger partial charge in [-0.05, 0) is 38.2 Å². The molecule has 2 aliphatic rings. The molecule has 7 heteroatoms. The number of rotatable bonds is 2. The molecule has 0 aromatic carbocycles. The normalized spacial score (nSPS) is 17.5. The molecule has 2 aromatic rings. The number of hydrogen-bond acceptors (Lipinski definition) is 5. The van der Waals surface area contributed by atoms with E-state index in [-0.39, 0.29) is 17.6 Å². The maximum atomic E-state index is 12.9. The van der Waals surface area contributed by atoms with Gasteiger partial charge >= 0.3 is 0 Å². The minimum Gasteiger partial charge on any atom is -0.351 e. The molecule has 0 bridgehead atoms. The number of nitrogens with zero attached hydrogens (tertiary/aromatic N) is 3. The number of aryl methyl sites for hydroxylation is 2. The molecule has 0 unspecified atom stereocenters. The van der Waals surface area contributed by atoms with Gasteiger partial charge in [-0.25, -0.2) is 0 Å². The summed E-state index contributed by atoms with van der Waals surface area (Å²) in [5, 5.41) is 5.79. The van der Waals surface area contributed by atoms with Crippen LogP contribution in [0, 0.1) is 6.92 Å². The van der Waals surface area contributed by atoms with E-state index in [9.17, 15) is 9.59 Å². The summed E-state index contributed by atoms with van der Waals surface area (Å²) in [5.41, 5.74) is 2.83. The first-order valence-corrected chi connectivity index (χ1v) is 9.62. The topological polar surface area (TPSA) is 66.7 Å². The number of fused-ring (bicyclic) bond motifs is 1. The SMILES string of the molecule is Cc1cc(C(=O)N2CCN(C(=O)c3csc4c3CCCC4)CC2)on1. The molecule has 2 amide bonds. The number of amides is 2. The van der Waals surface area contributed by atoms with Gasteiger partial charge in [-0.15, -0.1) is 11.3 Å². The van der Waals surface area contributed by atoms with E-state index in [1.54, 1.807) is 29.2 Å². The molecule has 0 N–H and O–H groups in total. The molecule has 1 fully saturated rings. The first kappa shape index (κ1) is 16.3. The highest BCUT2D eigenvalue weighted by atomic mass is 32.1. The van der Waals surface area contributed by atoms with Gasteiger partial charge in [-0.1, -0.05) is 5.16 Å². The molecule has 0 spiro atoms. The Bertz CT molecular complexity index is 802. The molecule has 1 saturated heterocycles. The lowest BCUT2D eigenvalue weighted by molar-refractivity contribution is 0.0512. The van der Waals surface area contributed by atoms with E-state index in [0.29, 0.717) is 31.9 Å². The maximum absolute atomic E-state index is 12.9. The number of aromatic nitrogens is 1. The Morgan fingerprint density at radius 3 is 2.44 bits per heavy atom. The molecule has 1 aliphatic carbocycles. The van der Waals surface area contributed by atoms with Crippen molar-refractivity contribution in [3.63, 3.8) is 0 Å². The predicted octanol–water partition coefficient (Wildman–Crippen LogP) is 2.52. The highest BCUT2D eigenvalue weighted by Gasteiger charge is 2.29. The Hall–Kier alpha value is -2.15. The van der Waals surface area contributed by atoms with Crippen LogP contribution in [-0.2, 0) is 12.8 Å². The summed E-state index contributed by atoms with van der Waals surface area (Å²) in [7, 11) is 0. The summed E-state index contributed by atoms with van der Waals surface area (Å²) in [5.74, 6) is 0.229. The fourth-order valence-electron chi connectivity index (χ4n) is 3.58. The van der Waals surface area contributed by atoms with Gasteiger partial charge in [-0.2, -0.15) is 0 Å². The third-order valence-electron chi connectivity index (χ3n) is 4.98. The van der Waals surface area contributed by atoms with Crippen molar-refractivity contribution in [2.75, 3.05) is 26.2 Å². The van der Waals surface area contributed by atoms with Crippen molar-refractivity contribution >= 4 is 23.2 Å². The first-order chi connectivity index (χ1) is 12.1. The third kappa shape index (κ3) is 3.08. The molecule has 3 heterocycles. The van der Waals surface area contributed by atoms with Gasteiger partial charge < -0.3 is 14.3 Å². The number of piperazine rings is 1. The van der Waals surface area contributed by atoms with Gasteiger partial charge in [0.25, 0.3) is 11.8 Å². The van der Waals surface area contributed by atoms with E-state index in [1.807, 2.05) is 10.3 Å². The summed E-state index contributed by atoms with van der Waals surface area (Å²) < 4.78 is 5.05. The van der Waals surface area contributed by atoms with Crippen molar-refractivity contribution in [3.8, 4) is 0 Å². The van der Waals surface area contributed by atoms with E-state index < -0.39 is 0 Å². The molecule has 6 nitrogen and oxygen atoms in total. The van der Waals surface area contributed by atoms with Crippen LogP contribution in [0.25, 0.3) is 0 Å². The van der Waals surface area contributed by atoms with Crippen LogP contribution in [0.2, 0.25) is 0 Å². The summed E-state index contributed by atoms with van der Waals surface area (Å²) in [4.78, 5) is 30.3. The molecule has 132 valence electrons. The van der Waals surface area contributed by atoms with Gasteiger partial charge in [0.2, 0.25) is 5.76 Å². The Balaban J connectivity index is 1.41. The fraction of sp³-hybridized carbons (Fsp3) is 0.500. The first-order valence-electron chi connectivity index (χ1n) is 8.74. The summed E-state index contributed by atoms with van der Waals surface area (Å²) in [6.07, 6.45) is 4.52. The van der Waals surface area contributed by atoms with Gasteiger partial charge in [0.05, 0.1) is 11.3 Å². The van der Waals surface area contributed by atoms with E-state index in [0.717, 1.165) is 18.4 Å². The summed E-state index contributed by atoms with van der Waals surface area (Å²) in [6.45, 7) is 3.95. The Labute approximate surface area is 150 Å². The monoisotopic (exact) mass is 359 g/mol. The van der Waals surface area contributed by atoms with Crippen molar-refractivity contribution in [2.24, 2.45) is 0 Å². The Morgan fingerprint density at radius 2 is 1.76 bits per heavy atom. The lowest BCUT2D eigenvalue weighted by atomic mass is 9.95. The smallest absolute Gasteiger partial charge is 0.292 e. The van der Waals surface area contributed by atoms with E-state index in [2.05, 4.69) is 5.16 Å². The van der Waals surface area contributed by atoms with Crippen molar-refractivity contribution in [1.82, 2.24) is 15.0 Å². The van der Waals surface area contributed by atoms with Crippen LogP contribution in [0.1, 0.15) is 49.9 Å². The zero-order chi connectivity index (χ0) is 17.4. The zero-order valence-electron chi connectivity index (χ0n) is 14.3. The van der Waals surface area contributed by atoms with Crippen molar-refractivity contribution in [1.29, 1.82) is 0 Å². The second-order valence-electron chi connectivity index (χ2n) is 6.68. The Morgan fingerprint density at radius 1 is 1.08 bits per heavy atom. The van der Waals surface area contributed by atoms with Crippen LogP contribution in [0.5, 0.6) is 0 Å². The molecule has 0 radical (unpaired) electrons. The number of thiophene rings is 1. The average molecular weight is 359 g/mol. The zero-order valence-corrected chi connectivity index (χ0v) is 15.1. The number of carbonyl (C=O) groups is 2. The van der Waals surface area contributed by atoms with Gasteiger partial charge in [0.1, 0.15) is 0 Å². The lowest BCUT2D eigenvalue weighted by Gasteiger charge is -2.34. The minimum absolute atomic E-state index is 0.113. The van der Waals surface area contributed by atoms with E-state index in [4.69, 9.17) is 4.52 Å². The van der Waals surface area contributed by atoms with Crippen LogP contribution in [0.4, 0.5) is 0 Å². The van der Waals surface area contributed by atoms with Crippen LogP contribution in [0.3, 0.4) is 0 Å². The number of carbonyl (C=O) groups excluding carboxylic acids is 2. The highest BCUT2D eigenvalue weighted by Crippen LogP contribution is 2.31. The average Bonchev–Trinajstić information content (AvgIpc) is 3.27. The minimum atomic E-state index is -0.152. The largest absolute Gasteiger partial charge is 0.351 e. The van der Waals surface area contributed by atoms with Crippen LogP contribution in [0.15, 0.2) is 16.0 Å². The second-order valence-corrected chi connectivity index (χ2v) is 7.64. The lowest BCUT2D eigenvalue weighted by Crippen LogP contribution is -2.50. The standard InChI is InChI=1S/C18H21N3O3S/c1-12-10-15(24-19-12)18(23)21-8-6-20(7-9-21)17(22)14-11-25-16-5-3-2-4-13(14)16/h10-11H,2-9H2,1H3. The van der Waals surface area contributed by atoms with Gasteiger partial charge in [0.15, 0.2) is 0 Å². The van der Waals surface area contributed by atoms with E-state index >= 15 is 0 Å². The molecule has 2 aromatic heterocycles. The van der Waals surface area contributed by atoms with Gasteiger partial charge in [0, 0.05) is 42.5 Å². The van der Waals surface area contributed by atoms with Crippen LogP contribution >= 0.6 is 11.3 Å². The molecule has 1 aliphatic heterocycles. The van der Waals surface area contributed by atoms with Gasteiger partial charge in [-0.3, -0.25) is 9.59 Å². The van der Waals surface area contributed by atoms with E-state index in [1.165, 1.54) is 23.3 Å². The Kier molecular flexibility index (Phi) is 4.33. The maximum Gasteiger partial charge on any atom is 0.292 e. The third-order valence-corrected chi connectivity index (χ3v) is 6.07. The molecule has 0 atom stereocenters. The summed E-state index contributed by atoms with van der Waals surface area (Å²) in [6, 6.07) is 1.65. The summed E-state index contributed by atoms with van der Waals surface area (Å²) >= 11 is 1.72. The van der Waals surface area contributed by atoms with Crippen molar-refractivity contribution in [2.45, 2.75) is 32.6 Å². The molecular formula is C18H21N3O3S. The predicted molar refractivity (Wildman–Crippen MR) is 94.0 cm³/mol. The molecule has 25 heavy (non-hydrogen) atoms. The van der Waals surface area contributed by atoms with Crippen LogP contribution in [-0.4, -0.2) is 52.9 Å².